The number of hydrogen-bond acceptors (Lipinski definition) is 8. The molecule has 10 nitrogen and oxygen atoms in total. The van der Waals surface area contributed by atoms with Crippen molar-refractivity contribution >= 4 is 21.7 Å². The smallest absolute Gasteiger partial charge is 0.314 e. The maximum atomic E-state index is 12.7. The molecular weight excluding hydrogens is 456 g/mol. The molecule has 2 aromatic carbocycles. The van der Waals surface area contributed by atoms with Crippen LogP contribution in [0.25, 0.3) is 11.3 Å². The molecule has 0 spiro atoms. The summed E-state index contributed by atoms with van der Waals surface area (Å²) in [5.41, 5.74) is 2.31. The van der Waals surface area contributed by atoms with E-state index < -0.39 is 10.0 Å². The predicted octanol–water partition coefficient (Wildman–Crippen LogP) is 2.21. The van der Waals surface area contributed by atoms with E-state index in [-0.39, 0.29) is 22.4 Å². The Bertz CT molecular complexity index is 1240. The molecule has 1 aromatic heterocycles. The van der Waals surface area contributed by atoms with E-state index in [0.717, 1.165) is 31.5 Å². The van der Waals surface area contributed by atoms with Gasteiger partial charge in [-0.3, -0.25) is 0 Å². The number of hydrogen-bond donors (Lipinski definition) is 2. The average Bonchev–Trinajstić information content (AvgIpc) is 3.33. The van der Waals surface area contributed by atoms with Crippen LogP contribution >= 0.6 is 0 Å². The van der Waals surface area contributed by atoms with Crippen LogP contribution in [0.2, 0.25) is 0 Å². The first-order valence-electron chi connectivity index (χ1n) is 11.1. The number of aryl methyl sites for hydroxylation is 1. The third-order valence-corrected chi connectivity index (χ3v) is 7.20. The number of nitrogens with one attached hydrogen (secondary N) is 2. The van der Waals surface area contributed by atoms with Gasteiger partial charge in [0.25, 0.3) is 11.8 Å². The Morgan fingerprint density at radius 1 is 1.12 bits per heavy atom. The Kier molecular flexibility index (Phi) is 7.25. The first-order chi connectivity index (χ1) is 16.4. The zero-order chi connectivity index (χ0) is 24.1. The summed E-state index contributed by atoms with van der Waals surface area (Å²) in [5, 5.41) is 19.6. The van der Waals surface area contributed by atoms with E-state index in [4.69, 9.17) is 4.74 Å². The number of nitrogens with zero attached hydrogens (tertiary/aromatic N) is 4. The second-order valence-corrected chi connectivity index (χ2v) is 9.84. The van der Waals surface area contributed by atoms with Crippen molar-refractivity contribution in [3.05, 3.63) is 59.3 Å². The van der Waals surface area contributed by atoms with Gasteiger partial charge in [-0.2, -0.15) is 4.98 Å². The molecule has 3 aromatic rings. The van der Waals surface area contributed by atoms with Crippen LogP contribution in [0.5, 0.6) is 5.88 Å². The lowest BCUT2D eigenvalue weighted by atomic mass is 10.1. The second-order valence-electron chi connectivity index (χ2n) is 8.08. The molecule has 0 unspecified atom stereocenters. The molecule has 1 aliphatic heterocycles. The van der Waals surface area contributed by atoms with Crippen molar-refractivity contribution in [1.82, 2.24) is 19.7 Å². The van der Waals surface area contributed by atoms with Crippen LogP contribution in [0.3, 0.4) is 0 Å². The molecule has 1 fully saturated rings. The lowest BCUT2D eigenvalue weighted by Gasteiger charge is -2.15. The summed E-state index contributed by atoms with van der Waals surface area (Å²) in [6, 6.07) is 13.6. The largest absolute Gasteiger partial charge is 0.594 e. The average molecular weight is 485 g/mol. The number of methoxy groups -OCH3 is 1. The molecule has 1 saturated heterocycles. The van der Waals surface area contributed by atoms with Gasteiger partial charge in [0.2, 0.25) is 10.0 Å². The Balaban J connectivity index is 1.46. The second kappa shape index (κ2) is 10.3. The number of sulfonamides is 1. The van der Waals surface area contributed by atoms with Crippen molar-refractivity contribution in [2.24, 2.45) is 0 Å². The van der Waals surface area contributed by atoms with E-state index >= 15 is 0 Å². The zero-order valence-corrected chi connectivity index (χ0v) is 20.0. The molecule has 0 atom stereocenters. The number of anilines is 2. The van der Waals surface area contributed by atoms with Gasteiger partial charge in [-0.1, -0.05) is 18.2 Å². The third-order valence-electron chi connectivity index (χ3n) is 5.72. The van der Waals surface area contributed by atoms with Gasteiger partial charge in [0.05, 0.1) is 22.7 Å². The van der Waals surface area contributed by atoms with Gasteiger partial charge in [-0.25, -0.2) is 13.1 Å². The summed E-state index contributed by atoms with van der Waals surface area (Å²) in [5.74, 6) is 0.159. The lowest BCUT2D eigenvalue weighted by molar-refractivity contribution is -0.657. The van der Waals surface area contributed by atoms with Crippen molar-refractivity contribution < 1.29 is 18.0 Å². The maximum absolute atomic E-state index is 12.7. The van der Waals surface area contributed by atoms with E-state index in [0.29, 0.717) is 29.2 Å². The Morgan fingerprint density at radius 2 is 1.82 bits per heavy atom. The number of ether oxygens (including phenoxy) is 1. The minimum absolute atomic E-state index is 0.0310. The Hall–Kier alpha value is -3.28. The molecule has 0 saturated carbocycles. The first kappa shape index (κ1) is 23.9. The van der Waals surface area contributed by atoms with Gasteiger partial charge in [0, 0.05) is 18.8 Å². The molecule has 0 radical (unpaired) electrons. The fourth-order valence-electron chi connectivity index (χ4n) is 3.92. The van der Waals surface area contributed by atoms with Crippen LogP contribution in [0.1, 0.15) is 18.4 Å². The standard InChI is InChI=1S/C23H28N6O4S/c1-17-7-3-4-8-20(17)21-22(33-2)26-23(27-29(21)30)25-18-9-11-19(12-10-18)34(31,32)24-13-16-28-14-5-6-15-28/h3-4,7-12,24H,5-6,13-16H2,1-2H3,(H,25,26,27). The van der Waals surface area contributed by atoms with Crippen LogP contribution in [0.4, 0.5) is 11.6 Å². The molecule has 2 heterocycles. The molecule has 0 bridgehead atoms. The molecule has 180 valence electrons. The van der Waals surface area contributed by atoms with Gasteiger partial charge in [0.1, 0.15) is 0 Å². The fourth-order valence-corrected chi connectivity index (χ4v) is 4.94. The van der Waals surface area contributed by atoms with Crippen molar-refractivity contribution in [3.8, 4) is 17.1 Å². The highest BCUT2D eigenvalue weighted by molar-refractivity contribution is 7.89. The quantitative estimate of drug-likeness (QED) is 0.350. The van der Waals surface area contributed by atoms with Crippen molar-refractivity contribution in [2.45, 2.75) is 24.7 Å². The summed E-state index contributed by atoms with van der Waals surface area (Å²) in [4.78, 5) is 7.19. The monoisotopic (exact) mass is 484 g/mol. The SMILES string of the molecule is COc1nc(Nc2ccc(S(=O)(=O)NCCN3CCCC3)cc2)n[n+]([O-])c1-c1ccccc1C. The topological polar surface area (TPSA) is 123 Å². The van der Waals surface area contributed by atoms with Crippen LogP contribution in [0.15, 0.2) is 53.4 Å². The van der Waals surface area contributed by atoms with Crippen LogP contribution in [-0.2, 0) is 10.0 Å². The van der Waals surface area contributed by atoms with E-state index in [1.165, 1.54) is 19.2 Å². The molecule has 0 aliphatic carbocycles. The summed E-state index contributed by atoms with van der Waals surface area (Å²) in [6.07, 6.45) is 2.33. The summed E-state index contributed by atoms with van der Waals surface area (Å²) >= 11 is 0. The third kappa shape index (κ3) is 5.44. The minimum atomic E-state index is -3.61. The molecular formula is C23H28N6O4S. The highest BCUT2D eigenvalue weighted by Crippen LogP contribution is 2.28. The van der Waals surface area contributed by atoms with Gasteiger partial charge in [-0.05, 0) is 73.6 Å². The fraction of sp³-hybridized carbons (Fsp3) is 0.348. The number of rotatable bonds is 9. The molecule has 0 amide bonds. The molecule has 1 aliphatic rings. The molecule has 34 heavy (non-hydrogen) atoms. The molecule has 4 rings (SSSR count). The van der Waals surface area contributed by atoms with Crippen molar-refractivity contribution in [1.29, 1.82) is 0 Å². The number of aromatic nitrogens is 3. The number of benzene rings is 2. The zero-order valence-electron chi connectivity index (χ0n) is 19.2. The first-order valence-corrected chi connectivity index (χ1v) is 12.6. The lowest BCUT2D eigenvalue weighted by Crippen LogP contribution is -2.36. The summed E-state index contributed by atoms with van der Waals surface area (Å²) < 4.78 is 33.1. The summed E-state index contributed by atoms with van der Waals surface area (Å²) in [7, 11) is -2.17. The van der Waals surface area contributed by atoms with Crippen molar-refractivity contribution in [3.63, 3.8) is 0 Å². The van der Waals surface area contributed by atoms with E-state index in [9.17, 15) is 13.6 Å². The van der Waals surface area contributed by atoms with Crippen LogP contribution < -0.4 is 19.6 Å². The maximum Gasteiger partial charge on any atom is 0.314 e. The van der Waals surface area contributed by atoms with Crippen LogP contribution in [0, 0.1) is 12.1 Å². The van der Waals surface area contributed by atoms with E-state index in [1.807, 2.05) is 25.1 Å². The van der Waals surface area contributed by atoms with Gasteiger partial charge in [-0.15, -0.1) is 0 Å². The van der Waals surface area contributed by atoms with E-state index in [2.05, 4.69) is 25.0 Å². The van der Waals surface area contributed by atoms with Gasteiger partial charge < -0.3 is 20.2 Å². The predicted molar refractivity (Wildman–Crippen MR) is 128 cm³/mol. The van der Waals surface area contributed by atoms with Crippen LogP contribution in [-0.4, -0.2) is 56.7 Å². The molecule has 2 N–H and O–H groups in total. The van der Waals surface area contributed by atoms with Gasteiger partial charge >= 0.3 is 5.69 Å². The minimum Gasteiger partial charge on any atom is -0.594 e. The Morgan fingerprint density at radius 3 is 2.50 bits per heavy atom. The Labute approximate surface area is 199 Å². The highest BCUT2D eigenvalue weighted by atomic mass is 32.2. The highest BCUT2D eigenvalue weighted by Gasteiger charge is 2.24. The number of likely N-dealkylation sites (tertiary alicyclic amines) is 1. The normalized spacial score (nSPS) is 14.3. The van der Waals surface area contributed by atoms with E-state index in [1.54, 1.807) is 18.2 Å². The molecule has 11 heteroatoms. The van der Waals surface area contributed by atoms with Crippen molar-refractivity contribution in [2.75, 3.05) is 38.6 Å². The van der Waals surface area contributed by atoms with Gasteiger partial charge in [0.15, 0.2) is 0 Å². The summed E-state index contributed by atoms with van der Waals surface area (Å²) in [6.45, 7) is 4.99.